The van der Waals surface area contributed by atoms with E-state index in [1.165, 1.54) is 4.90 Å². The number of nitrogens with zero attached hydrogens (tertiary/aromatic N) is 2. The van der Waals surface area contributed by atoms with Crippen LogP contribution in [0.5, 0.6) is 0 Å². The van der Waals surface area contributed by atoms with Gasteiger partial charge in [-0.2, -0.15) is 0 Å². The summed E-state index contributed by atoms with van der Waals surface area (Å²) in [7, 11) is 0. The molecule has 0 aliphatic carbocycles. The Kier molecular flexibility index (Phi) is 3.68. The third kappa shape index (κ3) is 2.98. The van der Waals surface area contributed by atoms with Crippen LogP contribution in [0.25, 0.3) is 0 Å². The summed E-state index contributed by atoms with van der Waals surface area (Å²) < 4.78 is 0. The third-order valence-corrected chi connectivity index (χ3v) is 1.88. The minimum absolute atomic E-state index is 0.102. The van der Waals surface area contributed by atoms with Crippen LogP contribution in [0.2, 0.25) is 0 Å². The molecule has 80 valence electrons. The second kappa shape index (κ2) is 4.99. The highest BCUT2D eigenvalue weighted by Gasteiger charge is 2.07. The van der Waals surface area contributed by atoms with E-state index in [1.807, 2.05) is 37.3 Å². The molecule has 0 aromatic heterocycles. The molecular formula is C10H15N5. The number of benzene rings is 1. The Bertz CT molecular complexity index is 357. The Morgan fingerprint density at radius 3 is 2.40 bits per heavy atom. The highest BCUT2D eigenvalue weighted by molar-refractivity contribution is 5.96. The van der Waals surface area contributed by atoms with Crippen LogP contribution in [0.3, 0.4) is 0 Å². The first-order valence-electron chi connectivity index (χ1n) is 4.66. The highest BCUT2D eigenvalue weighted by atomic mass is 15.3. The van der Waals surface area contributed by atoms with Crippen LogP contribution in [0, 0.1) is 5.41 Å². The van der Waals surface area contributed by atoms with E-state index in [2.05, 4.69) is 4.99 Å². The molecular weight excluding hydrogens is 190 g/mol. The molecule has 0 unspecified atom stereocenters. The molecule has 0 amide bonds. The molecule has 0 aliphatic rings. The van der Waals surface area contributed by atoms with Gasteiger partial charge in [-0.3, -0.25) is 10.3 Å². The largest absolute Gasteiger partial charge is 0.370 e. The van der Waals surface area contributed by atoms with E-state index in [0.29, 0.717) is 6.54 Å². The summed E-state index contributed by atoms with van der Waals surface area (Å²) in [5.41, 5.74) is 11.8. The number of para-hydroxylation sites is 1. The van der Waals surface area contributed by atoms with Gasteiger partial charge in [-0.15, -0.1) is 0 Å². The van der Waals surface area contributed by atoms with E-state index in [9.17, 15) is 0 Å². The minimum Gasteiger partial charge on any atom is -0.370 e. The maximum atomic E-state index is 7.29. The molecule has 1 rings (SSSR count). The molecule has 0 aliphatic heterocycles. The van der Waals surface area contributed by atoms with Gasteiger partial charge < -0.3 is 11.5 Å². The van der Waals surface area contributed by atoms with E-state index >= 15 is 0 Å². The summed E-state index contributed by atoms with van der Waals surface area (Å²) in [6, 6.07) is 9.31. The van der Waals surface area contributed by atoms with Crippen LogP contribution in [0.4, 0.5) is 5.69 Å². The third-order valence-electron chi connectivity index (χ3n) is 1.88. The Morgan fingerprint density at radius 2 is 1.93 bits per heavy atom. The Labute approximate surface area is 88.9 Å². The summed E-state index contributed by atoms with van der Waals surface area (Å²) in [6.07, 6.45) is 0. The quantitative estimate of drug-likeness (QED) is 0.493. The zero-order chi connectivity index (χ0) is 11.3. The predicted molar refractivity (Wildman–Crippen MR) is 62.0 cm³/mol. The average molecular weight is 205 g/mol. The van der Waals surface area contributed by atoms with Gasteiger partial charge >= 0.3 is 0 Å². The van der Waals surface area contributed by atoms with Crippen LogP contribution in [-0.2, 0) is 0 Å². The molecule has 1 aromatic rings. The number of rotatable bonds is 2. The Balaban J connectivity index is 2.88. The van der Waals surface area contributed by atoms with Crippen molar-refractivity contribution in [2.45, 2.75) is 6.92 Å². The van der Waals surface area contributed by atoms with Crippen molar-refractivity contribution in [2.75, 3.05) is 6.54 Å². The summed E-state index contributed by atoms with van der Waals surface area (Å²) >= 11 is 0. The lowest BCUT2D eigenvalue weighted by Crippen LogP contribution is -2.45. The molecule has 1 aromatic carbocycles. The van der Waals surface area contributed by atoms with Crippen LogP contribution in [0.15, 0.2) is 35.3 Å². The number of guanidine groups is 2. The monoisotopic (exact) mass is 205 g/mol. The van der Waals surface area contributed by atoms with E-state index < -0.39 is 0 Å². The maximum absolute atomic E-state index is 7.29. The molecule has 0 atom stereocenters. The lowest BCUT2D eigenvalue weighted by Gasteiger charge is -2.18. The van der Waals surface area contributed by atoms with Gasteiger partial charge in [-0.1, -0.05) is 18.2 Å². The van der Waals surface area contributed by atoms with Crippen molar-refractivity contribution >= 4 is 17.6 Å². The van der Waals surface area contributed by atoms with Gasteiger partial charge in [0.1, 0.15) is 0 Å². The number of nitrogens with two attached hydrogens (primary N) is 2. The lowest BCUT2D eigenvalue weighted by molar-refractivity contribution is 0.623. The van der Waals surface area contributed by atoms with Gasteiger partial charge in [0.2, 0.25) is 5.96 Å². The van der Waals surface area contributed by atoms with Crippen molar-refractivity contribution in [1.29, 1.82) is 5.41 Å². The Morgan fingerprint density at radius 1 is 1.33 bits per heavy atom. The van der Waals surface area contributed by atoms with E-state index in [0.717, 1.165) is 5.69 Å². The van der Waals surface area contributed by atoms with Gasteiger partial charge in [-0.05, 0) is 19.1 Å². The fourth-order valence-electron chi connectivity index (χ4n) is 1.15. The summed E-state index contributed by atoms with van der Waals surface area (Å²) in [5, 5.41) is 7.29. The zero-order valence-electron chi connectivity index (χ0n) is 8.64. The predicted octanol–water partition coefficient (Wildman–Crippen LogP) is 0.848. The van der Waals surface area contributed by atoms with Crippen LogP contribution < -0.4 is 11.5 Å². The molecule has 0 spiro atoms. The van der Waals surface area contributed by atoms with Crippen molar-refractivity contribution in [3.05, 3.63) is 30.3 Å². The van der Waals surface area contributed by atoms with Crippen molar-refractivity contribution in [3.63, 3.8) is 0 Å². The molecule has 5 heteroatoms. The molecule has 5 N–H and O–H groups in total. The molecule has 0 saturated heterocycles. The number of hydrogen-bond acceptors (Lipinski definition) is 2. The van der Waals surface area contributed by atoms with Gasteiger partial charge in [0, 0.05) is 6.54 Å². The first-order valence-corrected chi connectivity index (χ1v) is 4.66. The normalized spacial score (nSPS) is 11.1. The first-order chi connectivity index (χ1) is 7.15. The smallest absolute Gasteiger partial charge is 0.203 e. The van der Waals surface area contributed by atoms with Gasteiger partial charge in [0.05, 0.1) is 5.69 Å². The van der Waals surface area contributed by atoms with Crippen LogP contribution in [0.1, 0.15) is 6.92 Å². The van der Waals surface area contributed by atoms with E-state index in [4.69, 9.17) is 16.9 Å². The highest BCUT2D eigenvalue weighted by Crippen LogP contribution is 2.09. The Hall–Kier alpha value is -2.04. The van der Waals surface area contributed by atoms with Crippen molar-refractivity contribution in [3.8, 4) is 0 Å². The molecule has 0 fully saturated rings. The van der Waals surface area contributed by atoms with Crippen molar-refractivity contribution < 1.29 is 0 Å². The molecule has 0 radical (unpaired) electrons. The second-order valence-corrected chi connectivity index (χ2v) is 2.94. The average Bonchev–Trinajstić information content (AvgIpc) is 2.19. The van der Waals surface area contributed by atoms with Gasteiger partial charge in [0.15, 0.2) is 5.96 Å². The fraction of sp³-hybridized carbons (Fsp3) is 0.200. The summed E-state index contributed by atoms with van der Waals surface area (Å²) in [6.45, 7) is 2.38. The summed E-state index contributed by atoms with van der Waals surface area (Å²) in [5.74, 6) is 0.130. The van der Waals surface area contributed by atoms with Crippen LogP contribution in [-0.4, -0.2) is 23.4 Å². The summed E-state index contributed by atoms with van der Waals surface area (Å²) in [4.78, 5) is 5.57. The second-order valence-electron chi connectivity index (χ2n) is 2.94. The molecule has 0 heterocycles. The minimum atomic E-state index is -0.102. The maximum Gasteiger partial charge on any atom is 0.203 e. The van der Waals surface area contributed by atoms with Crippen LogP contribution >= 0.6 is 0 Å². The number of nitrogens with one attached hydrogen (secondary N) is 1. The number of aliphatic imine (C=N–C) groups is 1. The molecule has 0 bridgehead atoms. The van der Waals surface area contributed by atoms with Crippen molar-refractivity contribution in [2.24, 2.45) is 16.5 Å². The first kappa shape index (κ1) is 11.0. The van der Waals surface area contributed by atoms with E-state index in [-0.39, 0.29) is 11.9 Å². The SMILES string of the molecule is CCN(C(=N)N)C(N)=Nc1ccccc1. The van der Waals surface area contributed by atoms with Gasteiger partial charge in [0.25, 0.3) is 0 Å². The standard InChI is InChI=1S/C10H15N5/c1-2-15(9(11)12)10(13)14-8-6-4-3-5-7-8/h3-7H,2H2,1H3,(H3,11,12)(H2,13,14). The lowest BCUT2D eigenvalue weighted by atomic mass is 10.3. The molecule has 5 nitrogen and oxygen atoms in total. The fourth-order valence-corrected chi connectivity index (χ4v) is 1.15. The zero-order valence-corrected chi connectivity index (χ0v) is 8.64. The topological polar surface area (TPSA) is 91.5 Å². The molecule has 0 saturated carbocycles. The van der Waals surface area contributed by atoms with E-state index in [1.54, 1.807) is 0 Å². The van der Waals surface area contributed by atoms with Gasteiger partial charge in [-0.25, -0.2) is 4.99 Å². The number of hydrogen-bond donors (Lipinski definition) is 3. The van der Waals surface area contributed by atoms with Crippen molar-refractivity contribution in [1.82, 2.24) is 4.90 Å². The molecule has 15 heavy (non-hydrogen) atoms.